The van der Waals surface area contributed by atoms with E-state index in [1.54, 1.807) is 19.2 Å². The average Bonchev–Trinajstić information content (AvgIpc) is 3.39. The number of amides is 1. The van der Waals surface area contributed by atoms with Crippen molar-refractivity contribution in [2.45, 2.75) is 63.6 Å². The molecule has 3 heterocycles. The van der Waals surface area contributed by atoms with E-state index in [4.69, 9.17) is 11.6 Å². The Balaban J connectivity index is 1.37. The molecule has 13 heteroatoms. The lowest BCUT2D eigenvalue weighted by Crippen LogP contribution is -2.39. The zero-order chi connectivity index (χ0) is 29.3. The van der Waals surface area contributed by atoms with Crippen molar-refractivity contribution >= 4 is 29.0 Å². The van der Waals surface area contributed by atoms with Gasteiger partial charge in [-0.15, -0.1) is 0 Å². The number of benzene rings is 1. The van der Waals surface area contributed by atoms with Crippen LogP contribution in [0.3, 0.4) is 0 Å². The molecule has 0 unspecified atom stereocenters. The highest BCUT2D eigenvalue weighted by atomic mass is 35.5. The molecule has 1 amide bonds. The fourth-order valence-electron chi connectivity index (χ4n) is 4.95. The molecular weight excluding hydrogens is 556 g/mol. The predicted octanol–water partition coefficient (Wildman–Crippen LogP) is 4.32. The van der Waals surface area contributed by atoms with E-state index in [1.165, 1.54) is 21.6 Å². The van der Waals surface area contributed by atoms with Crippen molar-refractivity contribution in [3.05, 3.63) is 75.6 Å². The summed E-state index contributed by atoms with van der Waals surface area (Å²) < 4.78 is 29.6. The quantitative estimate of drug-likeness (QED) is 0.281. The van der Waals surface area contributed by atoms with E-state index in [0.29, 0.717) is 24.1 Å². The van der Waals surface area contributed by atoms with Crippen molar-refractivity contribution in [3.63, 3.8) is 0 Å². The summed E-state index contributed by atoms with van der Waals surface area (Å²) in [5.74, 6) is -2.85. The Morgan fingerprint density at radius 1 is 1.27 bits per heavy atom. The third kappa shape index (κ3) is 6.23. The normalized spacial score (nSPS) is 16.8. The molecule has 1 aliphatic carbocycles. The second-order valence-electron chi connectivity index (χ2n) is 10.4. The summed E-state index contributed by atoms with van der Waals surface area (Å²) >= 11 is 6.39. The molecule has 10 nitrogen and oxygen atoms in total. The number of nitrogens with zero attached hydrogens (tertiary/aromatic N) is 5. The van der Waals surface area contributed by atoms with E-state index in [9.17, 15) is 23.5 Å². The first kappa shape index (κ1) is 28.6. The van der Waals surface area contributed by atoms with Crippen molar-refractivity contribution in [2.75, 3.05) is 11.9 Å². The molecular formula is C28H30ClF2N7O3. The fraction of sp³-hybridized carbons (Fsp3) is 0.393. The van der Waals surface area contributed by atoms with Gasteiger partial charge in [0.05, 0.1) is 29.6 Å². The molecule has 1 fully saturated rings. The molecule has 2 atom stereocenters. The van der Waals surface area contributed by atoms with Gasteiger partial charge in [0.15, 0.2) is 0 Å². The number of hydrogen-bond acceptors (Lipinski definition) is 7. The highest BCUT2D eigenvalue weighted by Gasteiger charge is 2.35. The van der Waals surface area contributed by atoms with Gasteiger partial charge in [0.2, 0.25) is 17.8 Å². The lowest BCUT2D eigenvalue weighted by atomic mass is 9.92. The summed E-state index contributed by atoms with van der Waals surface area (Å²) in [6.07, 6.45) is 4.47. The van der Waals surface area contributed by atoms with Crippen molar-refractivity contribution in [3.8, 4) is 11.3 Å². The molecule has 0 spiro atoms. The highest BCUT2D eigenvalue weighted by Crippen LogP contribution is 2.34. The predicted molar refractivity (Wildman–Crippen MR) is 150 cm³/mol. The first-order valence-electron chi connectivity index (χ1n) is 13.3. The maximum absolute atomic E-state index is 13.5. The lowest BCUT2D eigenvalue weighted by molar-refractivity contribution is -0.125. The van der Waals surface area contributed by atoms with E-state index in [1.807, 2.05) is 31.2 Å². The van der Waals surface area contributed by atoms with Gasteiger partial charge in [-0.1, -0.05) is 41.4 Å². The van der Waals surface area contributed by atoms with Gasteiger partial charge in [-0.05, 0) is 38.3 Å². The van der Waals surface area contributed by atoms with Crippen LogP contribution >= 0.6 is 11.6 Å². The van der Waals surface area contributed by atoms with Crippen molar-refractivity contribution in [1.29, 1.82) is 0 Å². The zero-order valence-corrected chi connectivity index (χ0v) is 23.3. The molecule has 1 aliphatic rings. The van der Waals surface area contributed by atoms with E-state index < -0.39 is 29.5 Å². The second kappa shape index (κ2) is 11.5. The fourth-order valence-corrected chi connectivity index (χ4v) is 5.15. The summed E-state index contributed by atoms with van der Waals surface area (Å²) in [4.78, 5) is 35.1. The van der Waals surface area contributed by atoms with Crippen LogP contribution in [0.4, 0.5) is 14.7 Å². The van der Waals surface area contributed by atoms with Crippen LogP contribution in [0.5, 0.6) is 0 Å². The van der Waals surface area contributed by atoms with E-state index in [0.717, 1.165) is 11.1 Å². The zero-order valence-electron chi connectivity index (χ0n) is 22.5. The van der Waals surface area contributed by atoms with E-state index >= 15 is 0 Å². The molecule has 3 aromatic heterocycles. The second-order valence-corrected chi connectivity index (χ2v) is 10.8. The number of hydrogen-bond donors (Lipinski definition) is 3. The minimum Gasteiger partial charge on any atom is -0.394 e. The number of halogens is 3. The van der Waals surface area contributed by atoms with Crippen LogP contribution in [-0.2, 0) is 4.79 Å². The summed E-state index contributed by atoms with van der Waals surface area (Å²) in [6.45, 7) is 3.19. The Morgan fingerprint density at radius 3 is 2.73 bits per heavy atom. The molecule has 1 saturated carbocycles. The molecule has 4 aromatic rings. The van der Waals surface area contributed by atoms with Gasteiger partial charge in [0.1, 0.15) is 17.9 Å². The molecule has 0 bridgehead atoms. The Hall–Kier alpha value is -3.90. The number of aryl methyl sites for hydroxylation is 1. The van der Waals surface area contributed by atoms with Crippen LogP contribution in [-0.4, -0.2) is 53.7 Å². The number of carbonyl (C=O) groups excluding carboxylic acids is 1. The number of aliphatic hydroxyl groups excluding tert-OH is 1. The number of aliphatic hydroxyl groups is 1. The lowest BCUT2D eigenvalue weighted by Gasteiger charge is -2.28. The number of aromatic nitrogens is 5. The number of anilines is 1. The first-order chi connectivity index (χ1) is 19.5. The molecule has 3 N–H and O–H groups in total. The minimum absolute atomic E-state index is 0.186. The van der Waals surface area contributed by atoms with Crippen molar-refractivity contribution < 1.29 is 18.7 Å². The number of fused-ring (bicyclic) bond motifs is 1. The van der Waals surface area contributed by atoms with E-state index in [2.05, 4.69) is 25.7 Å². The third-order valence-corrected chi connectivity index (χ3v) is 7.64. The van der Waals surface area contributed by atoms with Crippen LogP contribution < -0.4 is 16.2 Å². The maximum atomic E-state index is 13.5. The van der Waals surface area contributed by atoms with Gasteiger partial charge < -0.3 is 15.7 Å². The minimum atomic E-state index is -2.64. The third-order valence-electron chi connectivity index (χ3n) is 7.36. The maximum Gasteiger partial charge on any atom is 0.278 e. The summed E-state index contributed by atoms with van der Waals surface area (Å²) in [5.41, 5.74) is 2.31. The number of nitrogens with one attached hydrogen (secondary N) is 2. The smallest absolute Gasteiger partial charge is 0.278 e. The summed E-state index contributed by atoms with van der Waals surface area (Å²) in [6, 6.07) is 7.28. The van der Waals surface area contributed by atoms with Gasteiger partial charge in [-0.3, -0.25) is 14.2 Å². The van der Waals surface area contributed by atoms with Crippen LogP contribution in [0.1, 0.15) is 55.8 Å². The van der Waals surface area contributed by atoms with Gasteiger partial charge in [-0.25, -0.2) is 23.3 Å². The van der Waals surface area contributed by atoms with Gasteiger partial charge in [0.25, 0.3) is 5.56 Å². The SMILES string of the molecule is Cc1cccc([C@@H](CO)NC(=O)[C@H](C)n2cnn3cc(-c4nc(NC5CCC(F)(F)CC5)ncc4Cl)cc3c2=O)c1. The summed E-state index contributed by atoms with van der Waals surface area (Å²) in [7, 11) is 0. The average molecular weight is 586 g/mol. The molecule has 0 radical (unpaired) electrons. The number of carbonyl (C=O) groups is 1. The van der Waals surface area contributed by atoms with Gasteiger partial charge >= 0.3 is 0 Å². The van der Waals surface area contributed by atoms with Crippen LogP contribution in [0.2, 0.25) is 5.02 Å². The number of alkyl halides is 2. The van der Waals surface area contributed by atoms with Gasteiger partial charge in [-0.2, -0.15) is 5.10 Å². The Morgan fingerprint density at radius 2 is 2.02 bits per heavy atom. The monoisotopic (exact) mass is 585 g/mol. The standard InChI is InChI=1S/C28H30ClF2N7O3/c1-16-4-3-5-18(10-16)22(14-39)35-25(40)17(2)37-15-33-38-13-19(11-23(38)26(37)41)24-21(29)12-32-27(36-24)34-20-6-8-28(30,31)9-7-20/h3-5,10-13,15,17,20,22,39H,6-9,14H2,1-2H3,(H,35,40)(H,32,34,36)/t17-,22+/m0/s1. The Bertz CT molecular complexity index is 1630. The molecule has 1 aromatic carbocycles. The topological polar surface area (TPSA) is 126 Å². The first-order valence-corrected chi connectivity index (χ1v) is 13.7. The van der Waals surface area contributed by atoms with Gasteiger partial charge in [0, 0.05) is 30.6 Å². The Labute approximate surface area is 239 Å². The molecule has 216 valence electrons. The highest BCUT2D eigenvalue weighted by molar-refractivity contribution is 6.32. The van der Waals surface area contributed by atoms with Crippen LogP contribution in [0.25, 0.3) is 16.8 Å². The molecule has 41 heavy (non-hydrogen) atoms. The number of rotatable bonds is 8. The Kier molecular flexibility index (Phi) is 8.05. The molecule has 0 aliphatic heterocycles. The summed E-state index contributed by atoms with van der Waals surface area (Å²) in [5, 5.41) is 20.3. The van der Waals surface area contributed by atoms with Crippen molar-refractivity contribution in [1.82, 2.24) is 29.5 Å². The molecule has 5 rings (SSSR count). The van der Waals surface area contributed by atoms with Crippen molar-refractivity contribution in [2.24, 2.45) is 0 Å². The largest absolute Gasteiger partial charge is 0.394 e. The van der Waals surface area contributed by atoms with Crippen LogP contribution in [0, 0.1) is 6.92 Å². The molecule has 0 saturated heterocycles. The van der Waals surface area contributed by atoms with Crippen LogP contribution in [0.15, 0.2) is 53.8 Å². The van der Waals surface area contributed by atoms with E-state index in [-0.39, 0.29) is 42.0 Å².